The molecule has 1 rings (SSSR count). The molecule has 0 bridgehead atoms. The van der Waals surface area contributed by atoms with Crippen LogP contribution in [0.2, 0.25) is 0 Å². The van der Waals surface area contributed by atoms with E-state index < -0.39 is 18.1 Å². The van der Waals surface area contributed by atoms with E-state index in [4.69, 9.17) is 4.74 Å². The molecule has 0 aliphatic carbocycles. The Hall–Kier alpha value is -0.510. The molecule has 64 valence electrons. The number of ketones is 1. The van der Waals surface area contributed by atoms with Crippen LogP contribution in [-0.2, 0) is 9.53 Å². The first kappa shape index (κ1) is 8.59. The predicted octanol–water partition coefficient (Wildman–Crippen LogP) is 1.25. The van der Waals surface area contributed by atoms with Gasteiger partial charge in [0.05, 0.1) is 12.0 Å². The normalized spacial score (nSPS) is 31.3. The number of carbonyl (C=O) groups is 1. The van der Waals surface area contributed by atoms with Gasteiger partial charge in [0.15, 0.2) is 0 Å². The fraction of sp³-hybridized carbons (Fsp3) is 0.857. The van der Waals surface area contributed by atoms with Gasteiger partial charge < -0.3 is 4.74 Å². The number of alkyl halides is 2. The first-order valence-electron chi connectivity index (χ1n) is 3.56. The SMILES string of the molecule is CC1OCCC1C(=O)C(F)F. The van der Waals surface area contributed by atoms with Crippen LogP contribution in [0.1, 0.15) is 13.3 Å². The van der Waals surface area contributed by atoms with Crippen molar-refractivity contribution in [2.45, 2.75) is 25.9 Å². The van der Waals surface area contributed by atoms with E-state index in [1.165, 1.54) is 0 Å². The van der Waals surface area contributed by atoms with Crippen molar-refractivity contribution in [1.82, 2.24) is 0 Å². The van der Waals surface area contributed by atoms with E-state index in [-0.39, 0.29) is 6.10 Å². The van der Waals surface area contributed by atoms with Crippen molar-refractivity contribution in [3.8, 4) is 0 Å². The van der Waals surface area contributed by atoms with Gasteiger partial charge in [-0.25, -0.2) is 8.78 Å². The van der Waals surface area contributed by atoms with Crippen molar-refractivity contribution in [2.24, 2.45) is 5.92 Å². The zero-order valence-electron chi connectivity index (χ0n) is 6.22. The number of rotatable bonds is 2. The Morgan fingerprint density at radius 2 is 2.27 bits per heavy atom. The van der Waals surface area contributed by atoms with Crippen molar-refractivity contribution < 1.29 is 18.3 Å². The lowest BCUT2D eigenvalue weighted by Gasteiger charge is -2.10. The molecule has 2 atom stereocenters. The molecule has 2 unspecified atom stereocenters. The van der Waals surface area contributed by atoms with Gasteiger partial charge in [-0.3, -0.25) is 4.79 Å². The molecule has 0 aromatic rings. The third-order valence-electron chi connectivity index (χ3n) is 1.96. The number of ether oxygens (including phenoxy) is 1. The molecule has 1 fully saturated rings. The van der Waals surface area contributed by atoms with Gasteiger partial charge in [-0.1, -0.05) is 0 Å². The van der Waals surface area contributed by atoms with Crippen LogP contribution in [0.15, 0.2) is 0 Å². The van der Waals surface area contributed by atoms with Crippen LogP contribution in [-0.4, -0.2) is 24.9 Å². The first-order chi connectivity index (χ1) is 5.13. The molecule has 0 N–H and O–H groups in total. The van der Waals surface area contributed by atoms with Crippen LogP contribution < -0.4 is 0 Å². The Kier molecular flexibility index (Phi) is 2.54. The quantitative estimate of drug-likeness (QED) is 0.613. The minimum atomic E-state index is -2.84. The summed E-state index contributed by atoms with van der Waals surface area (Å²) in [5, 5.41) is 0. The highest BCUT2D eigenvalue weighted by molar-refractivity contribution is 5.84. The smallest absolute Gasteiger partial charge is 0.296 e. The lowest BCUT2D eigenvalue weighted by Crippen LogP contribution is -2.26. The Morgan fingerprint density at radius 1 is 1.64 bits per heavy atom. The van der Waals surface area contributed by atoms with Crippen molar-refractivity contribution in [1.29, 1.82) is 0 Å². The molecular formula is C7H10F2O2. The van der Waals surface area contributed by atoms with E-state index in [1.807, 2.05) is 0 Å². The van der Waals surface area contributed by atoms with E-state index in [9.17, 15) is 13.6 Å². The summed E-state index contributed by atoms with van der Waals surface area (Å²) in [4.78, 5) is 10.7. The molecular weight excluding hydrogens is 154 g/mol. The molecule has 1 aliphatic rings. The molecule has 0 aromatic carbocycles. The van der Waals surface area contributed by atoms with Crippen LogP contribution in [0, 0.1) is 5.92 Å². The number of halogens is 2. The summed E-state index contributed by atoms with van der Waals surface area (Å²) in [5.74, 6) is -1.56. The molecule has 1 saturated heterocycles. The van der Waals surface area contributed by atoms with E-state index >= 15 is 0 Å². The minimum absolute atomic E-state index is 0.337. The summed E-state index contributed by atoms with van der Waals surface area (Å²) < 4.78 is 28.7. The van der Waals surface area contributed by atoms with E-state index in [0.717, 1.165) is 0 Å². The van der Waals surface area contributed by atoms with Crippen LogP contribution in [0.4, 0.5) is 8.78 Å². The lowest BCUT2D eigenvalue weighted by molar-refractivity contribution is -0.135. The second-order valence-electron chi connectivity index (χ2n) is 2.67. The minimum Gasteiger partial charge on any atom is -0.378 e. The Morgan fingerprint density at radius 3 is 2.64 bits per heavy atom. The molecule has 4 heteroatoms. The number of carbonyl (C=O) groups excluding carboxylic acids is 1. The van der Waals surface area contributed by atoms with Gasteiger partial charge in [0.25, 0.3) is 6.43 Å². The maximum Gasteiger partial charge on any atom is 0.296 e. The zero-order valence-corrected chi connectivity index (χ0v) is 6.22. The van der Waals surface area contributed by atoms with Gasteiger partial charge in [-0.05, 0) is 13.3 Å². The first-order valence-corrected chi connectivity index (χ1v) is 3.56. The zero-order chi connectivity index (χ0) is 8.43. The number of hydrogen-bond donors (Lipinski definition) is 0. The molecule has 11 heavy (non-hydrogen) atoms. The molecule has 2 nitrogen and oxygen atoms in total. The Labute approximate surface area is 63.5 Å². The highest BCUT2D eigenvalue weighted by Crippen LogP contribution is 2.23. The number of hydrogen-bond acceptors (Lipinski definition) is 2. The fourth-order valence-electron chi connectivity index (χ4n) is 1.27. The topological polar surface area (TPSA) is 26.3 Å². The molecule has 1 heterocycles. The monoisotopic (exact) mass is 164 g/mol. The molecule has 0 spiro atoms. The third-order valence-corrected chi connectivity index (χ3v) is 1.96. The maximum absolute atomic E-state index is 11.8. The molecule has 1 aliphatic heterocycles. The second-order valence-corrected chi connectivity index (χ2v) is 2.67. The standard InChI is InChI=1S/C7H10F2O2/c1-4-5(2-3-11-4)6(10)7(8)9/h4-5,7H,2-3H2,1H3. The summed E-state index contributed by atoms with van der Waals surface area (Å²) in [7, 11) is 0. The largest absolute Gasteiger partial charge is 0.378 e. The van der Waals surface area contributed by atoms with Crippen LogP contribution in [0.25, 0.3) is 0 Å². The van der Waals surface area contributed by atoms with Gasteiger partial charge in [-0.2, -0.15) is 0 Å². The van der Waals surface area contributed by atoms with E-state index in [2.05, 4.69) is 0 Å². The van der Waals surface area contributed by atoms with Crippen LogP contribution in [0.3, 0.4) is 0 Å². The predicted molar refractivity (Wildman–Crippen MR) is 34.5 cm³/mol. The summed E-state index contributed by atoms with van der Waals surface area (Å²) >= 11 is 0. The Bertz CT molecular complexity index is 159. The lowest BCUT2D eigenvalue weighted by atomic mass is 9.98. The van der Waals surface area contributed by atoms with Crippen molar-refractivity contribution in [3.63, 3.8) is 0 Å². The molecule has 0 saturated carbocycles. The average Bonchev–Trinajstić information content (AvgIpc) is 2.33. The average molecular weight is 164 g/mol. The van der Waals surface area contributed by atoms with Gasteiger partial charge >= 0.3 is 0 Å². The Balaban J connectivity index is 2.53. The second kappa shape index (κ2) is 3.26. The third kappa shape index (κ3) is 1.74. The van der Waals surface area contributed by atoms with Gasteiger partial charge in [0.2, 0.25) is 5.78 Å². The highest BCUT2D eigenvalue weighted by atomic mass is 19.3. The van der Waals surface area contributed by atoms with Crippen LogP contribution in [0.5, 0.6) is 0 Å². The van der Waals surface area contributed by atoms with Crippen molar-refractivity contribution >= 4 is 5.78 Å². The molecule has 0 radical (unpaired) electrons. The number of Topliss-reactive ketones (excluding diaryl/α,β-unsaturated/α-hetero) is 1. The van der Waals surface area contributed by atoms with Crippen LogP contribution >= 0.6 is 0 Å². The van der Waals surface area contributed by atoms with Gasteiger partial charge in [0.1, 0.15) is 0 Å². The summed E-state index contributed by atoms with van der Waals surface area (Å²) in [6.07, 6.45) is -2.75. The van der Waals surface area contributed by atoms with E-state index in [1.54, 1.807) is 6.92 Å². The fourth-order valence-corrected chi connectivity index (χ4v) is 1.27. The summed E-state index contributed by atoms with van der Waals surface area (Å²) in [6.45, 7) is 2.07. The van der Waals surface area contributed by atoms with Crippen molar-refractivity contribution in [2.75, 3.05) is 6.61 Å². The summed E-state index contributed by atoms with van der Waals surface area (Å²) in [6, 6.07) is 0. The maximum atomic E-state index is 11.8. The van der Waals surface area contributed by atoms with Crippen molar-refractivity contribution in [3.05, 3.63) is 0 Å². The molecule has 0 amide bonds. The summed E-state index contributed by atoms with van der Waals surface area (Å²) in [5.41, 5.74) is 0. The van der Waals surface area contributed by atoms with E-state index in [0.29, 0.717) is 13.0 Å². The highest BCUT2D eigenvalue weighted by Gasteiger charge is 2.35. The van der Waals surface area contributed by atoms with Gasteiger partial charge in [-0.15, -0.1) is 0 Å². The molecule has 0 aromatic heterocycles. The van der Waals surface area contributed by atoms with Gasteiger partial charge in [0, 0.05) is 6.61 Å².